The minimum atomic E-state index is 0.0603. The Labute approximate surface area is 172 Å². The van der Waals surface area contributed by atoms with Crippen molar-refractivity contribution in [1.82, 2.24) is 25.2 Å². The largest absolute Gasteiger partial charge is 0.330 e. The Bertz CT molecular complexity index is 907. The van der Waals surface area contributed by atoms with Crippen LogP contribution >= 0.6 is 0 Å². The molecule has 1 aliphatic carbocycles. The van der Waals surface area contributed by atoms with E-state index in [2.05, 4.69) is 45.7 Å². The summed E-state index contributed by atoms with van der Waals surface area (Å²) in [5.41, 5.74) is 4.09. The Balaban J connectivity index is 1.30. The molecule has 6 heteroatoms. The number of aryl methyl sites for hydroxylation is 1. The molecule has 1 amide bonds. The molecule has 0 saturated carbocycles. The summed E-state index contributed by atoms with van der Waals surface area (Å²) < 4.78 is 1.88. The first kappa shape index (κ1) is 19.6. The van der Waals surface area contributed by atoms with Gasteiger partial charge >= 0.3 is 0 Å². The molecule has 1 atom stereocenters. The van der Waals surface area contributed by atoms with E-state index in [1.807, 2.05) is 35.2 Å². The average molecular weight is 392 g/mol. The van der Waals surface area contributed by atoms with E-state index in [-0.39, 0.29) is 11.9 Å². The zero-order valence-corrected chi connectivity index (χ0v) is 17.1. The topological polar surface area (TPSA) is 63.1 Å². The highest BCUT2D eigenvalue weighted by atomic mass is 16.1. The van der Waals surface area contributed by atoms with Gasteiger partial charge in [-0.1, -0.05) is 41.6 Å². The van der Waals surface area contributed by atoms with Crippen molar-refractivity contribution in [2.24, 2.45) is 0 Å². The number of aromatic nitrogens is 3. The Morgan fingerprint density at radius 2 is 2.07 bits per heavy atom. The number of rotatable bonds is 7. The van der Waals surface area contributed by atoms with Gasteiger partial charge in [-0.25, -0.2) is 4.68 Å². The van der Waals surface area contributed by atoms with Gasteiger partial charge < -0.3 is 10.2 Å². The van der Waals surface area contributed by atoms with Crippen molar-refractivity contribution < 1.29 is 4.79 Å². The van der Waals surface area contributed by atoms with Gasteiger partial charge in [0.2, 0.25) is 5.91 Å². The summed E-state index contributed by atoms with van der Waals surface area (Å²) in [6.45, 7) is 5.47. The maximum absolute atomic E-state index is 12.3. The third-order valence-electron chi connectivity index (χ3n) is 5.71. The Hall–Kier alpha value is -2.73. The van der Waals surface area contributed by atoms with Gasteiger partial charge in [0.25, 0.3) is 0 Å². The van der Waals surface area contributed by atoms with Crippen LogP contribution in [0.4, 0.5) is 0 Å². The number of allylic oxidation sites excluding steroid dienone is 4. The van der Waals surface area contributed by atoms with Crippen LogP contribution < -0.4 is 5.32 Å². The van der Waals surface area contributed by atoms with E-state index < -0.39 is 0 Å². The molecule has 4 rings (SSSR count). The maximum atomic E-state index is 12.3. The van der Waals surface area contributed by atoms with E-state index in [1.54, 1.807) is 0 Å². The zero-order chi connectivity index (χ0) is 20.1. The van der Waals surface area contributed by atoms with Crippen molar-refractivity contribution >= 4 is 5.91 Å². The van der Waals surface area contributed by atoms with Crippen LogP contribution in [0, 0.1) is 6.92 Å². The third kappa shape index (κ3) is 5.01. The molecule has 1 saturated heterocycles. The SMILES string of the molecule is Cc1ccccc1-c1cn(C2C=CC=C(NC(=O)CCCN3CCCC3)C2)nn1. The lowest BCUT2D eigenvalue weighted by atomic mass is 10.0. The van der Waals surface area contributed by atoms with Crippen LogP contribution in [0.15, 0.2) is 54.4 Å². The number of hydrogen-bond acceptors (Lipinski definition) is 4. The third-order valence-corrected chi connectivity index (χ3v) is 5.71. The van der Waals surface area contributed by atoms with Gasteiger partial charge in [0, 0.05) is 24.1 Å². The van der Waals surface area contributed by atoms with E-state index in [9.17, 15) is 4.79 Å². The molecule has 1 aromatic carbocycles. The average Bonchev–Trinajstić information content (AvgIpc) is 3.41. The van der Waals surface area contributed by atoms with Gasteiger partial charge in [-0.15, -0.1) is 5.10 Å². The summed E-state index contributed by atoms with van der Waals surface area (Å²) in [4.78, 5) is 14.8. The molecule has 2 aliphatic rings. The first-order chi connectivity index (χ1) is 14.2. The number of hydrogen-bond donors (Lipinski definition) is 1. The lowest BCUT2D eigenvalue weighted by Crippen LogP contribution is -2.27. The molecule has 2 aromatic rings. The molecule has 29 heavy (non-hydrogen) atoms. The summed E-state index contributed by atoms with van der Waals surface area (Å²) >= 11 is 0. The van der Waals surface area contributed by atoms with E-state index in [0.717, 1.165) is 29.9 Å². The van der Waals surface area contributed by atoms with Gasteiger partial charge in [-0.2, -0.15) is 0 Å². The second-order valence-corrected chi connectivity index (χ2v) is 7.95. The molecule has 0 radical (unpaired) electrons. The van der Waals surface area contributed by atoms with Crippen molar-refractivity contribution in [1.29, 1.82) is 0 Å². The van der Waals surface area contributed by atoms with Crippen LogP contribution in [0.2, 0.25) is 0 Å². The number of nitrogens with zero attached hydrogens (tertiary/aromatic N) is 4. The molecule has 2 heterocycles. The number of likely N-dealkylation sites (tertiary alicyclic amines) is 1. The summed E-state index contributed by atoms with van der Waals surface area (Å²) in [6.07, 6.45) is 12.8. The van der Waals surface area contributed by atoms with E-state index in [4.69, 9.17) is 0 Å². The highest BCUT2D eigenvalue weighted by Gasteiger charge is 2.18. The number of benzene rings is 1. The number of carbonyl (C=O) groups excluding carboxylic acids is 1. The molecule has 0 bridgehead atoms. The molecule has 1 aromatic heterocycles. The maximum Gasteiger partial charge on any atom is 0.224 e. The fraction of sp³-hybridized carbons (Fsp3) is 0.435. The first-order valence-corrected chi connectivity index (χ1v) is 10.6. The lowest BCUT2D eigenvalue weighted by molar-refractivity contribution is -0.120. The van der Waals surface area contributed by atoms with E-state index >= 15 is 0 Å². The van der Waals surface area contributed by atoms with Crippen LogP contribution in [0.1, 0.15) is 43.7 Å². The fourth-order valence-corrected chi connectivity index (χ4v) is 4.07. The van der Waals surface area contributed by atoms with Crippen LogP contribution in [0.5, 0.6) is 0 Å². The summed E-state index contributed by atoms with van der Waals surface area (Å²) in [5, 5.41) is 11.8. The van der Waals surface area contributed by atoms with Gasteiger partial charge in [-0.05, 0) is 57.5 Å². The predicted octanol–water partition coefficient (Wildman–Crippen LogP) is 3.63. The summed E-state index contributed by atoms with van der Waals surface area (Å²) in [5.74, 6) is 0.101. The quantitative estimate of drug-likeness (QED) is 0.783. The number of nitrogens with one attached hydrogen (secondary N) is 1. The van der Waals surface area contributed by atoms with Crippen molar-refractivity contribution in [3.63, 3.8) is 0 Å². The van der Waals surface area contributed by atoms with Gasteiger partial charge in [0.05, 0.1) is 12.2 Å². The molecule has 1 N–H and O–H groups in total. The molecule has 6 nitrogen and oxygen atoms in total. The minimum absolute atomic E-state index is 0.0603. The van der Waals surface area contributed by atoms with E-state index in [1.165, 1.54) is 31.5 Å². The zero-order valence-electron chi connectivity index (χ0n) is 17.1. The van der Waals surface area contributed by atoms with Crippen molar-refractivity contribution in [3.05, 3.63) is 60.0 Å². The van der Waals surface area contributed by atoms with Gasteiger partial charge in [-0.3, -0.25) is 4.79 Å². The monoisotopic (exact) mass is 391 g/mol. The predicted molar refractivity (Wildman–Crippen MR) is 114 cm³/mol. The minimum Gasteiger partial charge on any atom is -0.330 e. The van der Waals surface area contributed by atoms with Crippen LogP contribution in [-0.2, 0) is 4.79 Å². The normalized spacial score (nSPS) is 19.3. The van der Waals surface area contributed by atoms with Gasteiger partial charge in [0.1, 0.15) is 5.69 Å². The van der Waals surface area contributed by atoms with Crippen LogP contribution in [0.25, 0.3) is 11.3 Å². The molecule has 1 aliphatic heterocycles. The highest BCUT2D eigenvalue weighted by molar-refractivity contribution is 5.77. The highest BCUT2D eigenvalue weighted by Crippen LogP contribution is 2.25. The second kappa shape index (κ2) is 9.18. The molecule has 0 spiro atoms. The lowest BCUT2D eigenvalue weighted by Gasteiger charge is -2.19. The first-order valence-electron chi connectivity index (χ1n) is 10.6. The second-order valence-electron chi connectivity index (χ2n) is 7.95. The van der Waals surface area contributed by atoms with Crippen molar-refractivity contribution in [2.75, 3.05) is 19.6 Å². The van der Waals surface area contributed by atoms with Gasteiger partial charge in [0.15, 0.2) is 0 Å². The number of amides is 1. The van der Waals surface area contributed by atoms with Crippen molar-refractivity contribution in [3.8, 4) is 11.3 Å². The Kier molecular flexibility index (Phi) is 6.20. The molecule has 152 valence electrons. The van der Waals surface area contributed by atoms with E-state index in [0.29, 0.717) is 12.8 Å². The van der Waals surface area contributed by atoms with Crippen LogP contribution in [0.3, 0.4) is 0 Å². The Morgan fingerprint density at radius 1 is 1.24 bits per heavy atom. The standard InChI is InChI=1S/C23H29N5O/c1-18-8-2-3-11-21(18)22-17-28(26-25-22)20-10-6-9-19(16-20)24-23(29)12-7-15-27-13-4-5-14-27/h2-3,6,8-11,17,20H,4-5,7,12-16H2,1H3,(H,24,29). The summed E-state index contributed by atoms with van der Waals surface area (Å²) in [6, 6.07) is 8.24. The molecule has 1 fully saturated rings. The van der Waals surface area contributed by atoms with Crippen molar-refractivity contribution in [2.45, 2.75) is 45.1 Å². The number of carbonyl (C=O) groups is 1. The molecular formula is C23H29N5O. The fourth-order valence-electron chi connectivity index (χ4n) is 4.07. The molecule has 1 unspecified atom stereocenters. The smallest absolute Gasteiger partial charge is 0.224 e. The molecular weight excluding hydrogens is 362 g/mol. The summed E-state index contributed by atoms with van der Waals surface area (Å²) in [7, 11) is 0. The van der Waals surface area contributed by atoms with Crippen LogP contribution in [-0.4, -0.2) is 45.4 Å². The Morgan fingerprint density at radius 3 is 2.90 bits per heavy atom.